The van der Waals surface area contributed by atoms with Gasteiger partial charge in [-0.05, 0) is 107 Å². The van der Waals surface area contributed by atoms with Crippen LogP contribution in [0.2, 0.25) is 0 Å². The van der Waals surface area contributed by atoms with Gasteiger partial charge in [-0.3, -0.25) is 0 Å². The summed E-state index contributed by atoms with van der Waals surface area (Å²) >= 11 is 0. The molecular formula is C79H132O8. The molecule has 1 aliphatic heterocycles. The van der Waals surface area contributed by atoms with Gasteiger partial charge in [0.2, 0.25) is 0 Å². The second-order valence-corrected chi connectivity index (χ2v) is 26.2. The summed E-state index contributed by atoms with van der Waals surface area (Å²) in [6.45, 7) is 19.3. The second kappa shape index (κ2) is 55.4. The van der Waals surface area contributed by atoms with Crippen LogP contribution in [0.3, 0.4) is 0 Å². The zero-order chi connectivity index (χ0) is 63.2. The van der Waals surface area contributed by atoms with Crippen LogP contribution in [0.25, 0.3) is 0 Å². The van der Waals surface area contributed by atoms with E-state index in [0.29, 0.717) is 55.6 Å². The van der Waals surface area contributed by atoms with E-state index in [-0.39, 0.29) is 6.10 Å². The van der Waals surface area contributed by atoms with E-state index >= 15 is 0 Å². The molecule has 5 aliphatic rings. The third-order valence-corrected chi connectivity index (χ3v) is 17.8. The molecule has 8 nitrogen and oxygen atoms in total. The van der Waals surface area contributed by atoms with E-state index in [1.165, 1.54) is 127 Å². The lowest BCUT2D eigenvalue weighted by atomic mass is 9.95. The summed E-state index contributed by atoms with van der Waals surface area (Å²) < 4.78 is 39.0. The van der Waals surface area contributed by atoms with Crippen molar-refractivity contribution in [1.29, 1.82) is 0 Å². The highest BCUT2D eigenvalue weighted by atomic mass is 16.6. The molecule has 0 spiro atoms. The average molecular weight is 1210 g/mol. The van der Waals surface area contributed by atoms with Crippen molar-refractivity contribution in [2.45, 2.75) is 258 Å². The Balaban J connectivity index is 0.000000354. The summed E-state index contributed by atoms with van der Waals surface area (Å²) in [5.74, 6) is 4.99. The van der Waals surface area contributed by atoms with Gasteiger partial charge in [0.15, 0.2) is 0 Å². The molecule has 9 rings (SSSR count). The zero-order valence-electron chi connectivity index (χ0n) is 57.6. The lowest BCUT2D eigenvalue weighted by Crippen LogP contribution is -2.25. The molecule has 5 fully saturated rings. The first-order valence-electron chi connectivity index (χ1n) is 35.0. The number of aryl methyl sites for hydroxylation is 2. The molecule has 1 heterocycles. The van der Waals surface area contributed by atoms with Gasteiger partial charge in [-0.15, -0.1) is 0 Å². The van der Waals surface area contributed by atoms with E-state index in [9.17, 15) is 5.11 Å². The summed E-state index contributed by atoms with van der Waals surface area (Å²) in [5.41, 5.74) is 2.64. The van der Waals surface area contributed by atoms with Crippen LogP contribution in [-0.4, -0.2) is 103 Å². The number of ether oxygens (including phenoxy) is 7. The SMILES string of the molecule is CC1CCCCC(C)CCC1.CC1CCCCC(C)CCC1.CCC(O)COCC1CC(OC)CCCCC(OC)C1.COC1CCCCC(OC)CC(COCC2CO2)C1.Cc1ccccc1.Cc1ccccc1.c1ccccc1.c1ccccc1. The maximum absolute atomic E-state index is 9.55. The fraction of sp³-hybridized carbons (Fsp3) is 0.696. The van der Waals surface area contributed by atoms with Crippen molar-refractivity contribution in [1.82, 2.24) is 0 Å². The van der Waals surface area contributed by atoms with Crippen LogP contribution < -0.4 is 0 Å². The van der Waals surface area contributed by atoms with Crippen molar-refractivity contribution in [3.8, 4) is 0 Å². The quantitative estimate of drug-likeness (QED) is 0.133. The van der Waals surface area contributed by atoms with Crippen LogP contribution in [0.4, 0.5) is 0 Å². The highest BCUT2D eigenvalue weighted by molar-refractivity contribution is 5.12. The minimum atomic E-state index is -0.345. The van der Waals surface area contributed by atoms with Gasteiger partial charge in [-0.1, -0.05) is 295 Å². The monoisotopic (exact) mass is 1210 g/mol. The van der Waals surface area contributed by atoms with Crippen LogP contribution in [0, 0.1) is 49.4 Å². The van der Waals surface area contributed by atoms with Crippen LogP contribution in [0.5, 0.6) is 0 Å². The third-order valence-electron chi connectivity index (χ3n) is 17.8. The summed E-state index contributed by atoms with van der Waals surface area (Å²) in [4.78, 5) is 0. The number of aliphatic hydroxyl groups excluding tert-OH is 1. The van der Waals surface area contributed by atoms with Crippen molar-refractivity contribution >= 4 is 0 Å². The number of aliphatic hydroxyl groups is 1. The largest absolute Gasteiger partial charge is 0.391 e. The van der Waals surface area contributed by atoms with E-state index in [0.717, 1.165) is 101 Å². The summed E-state index contributed by atoms with van der Waals surface area (Å²) in [7, 11) is 7.25. The van der Waals surface area contributed by atoms with Crippen molar-refractivity contribution in [2.24, 2.45) is 35.5 Å². The molecule has 4 saturated carbocycles. The lowest BCUT2D eigenvalue weighted by Gasteiger charge is -2.24. The molecule has 0 amide bonds. The second-order valence-electron chi connectivity index (χ2n) is 26.2. The zero-order valence-corrected chi connectivity index (χ0v) is 57.6. The first kappa shape index (κ1) is 79.7. The highest BCUT2D eigenvalue weighted by Gasteiger charge is 2.27. The summed E-state index contributed by atoms with van der Waals surface area (Å²) in [6.07, 6.45) is 36.5. The third kappa shape index (κ3) is 48.1. The fourth-order valence-electron chi connectivity index (χ4n) is 11.8. The van der Waals surface area contributed by atoms with Gasteiger partial charge in [-0.25, -0.2) is 0 Å². The molecular weight excluding hydrogens is 1080 g/mol. The number of hydrogen-bond donors (Lipinski definition) is 1. The van der Waals surface area contributed by atoms with E-state index in [1.54, 1.807) is 14.2 Å². The van der Waals surface area contributed by atoms with E-state index in [1.807, 2.05) is 130 Å². The van der Waals surface area contributed by atoms with Crippen molar-refractivity contribution in [2.75, 3.05) is 61.5 Å². The van der Waals surface area contributed by atoms with Gasteiger partial charge in [0.25, 0.3) is 0 Å². The Morgan fingerprint density at radius 1 is 0.379 bits per heavy atom. The van der Waals surface area contributed by atoms with Crippen LogP contribution >= 0.6 is 0 Å². The number of rotatable bonds is 13. The molecule has 87 heavy (non-hydrogen) atoms. The van der Waals surface area contributed by atoms with Crippen molar-refractivity contribution in [3.63, 3.8) is 0 Å². The number of methoxy groups -OCH3 is 4. The average Bonchev–Trinajstić information content (AvgIpc) is 4.34. The van der Waals surface area contributed by atoms with E-state index < -0.39 is 0 Å². The smallest absolute Gasteiger partial charge is 0.104 e. The van der Waals surface area contributed by atoms with Gasteiger partial charge in [0.1, 0.15) is 6.10 Å². The Labute approximate surface area is 535 Å². The fourth-order valence-corrected chi connectivity index (χ4v) is 11.8. The Morgan fingerprint density at radius 3 is 0.874 bits per heavy atom. The van der Waals surface area contributed by atoms with E-state index in [2.05, 4.69) is 65.8 Å². The van der Waals surface area contributed by atoms with Gasteiger partial charge < -0.3 is 38.3 Å². The minimum Gasteiger partial charge on any atom is -0.391 e. The number of epoxide rings is 1. The Kier molecular flexibility index (Phi) is 50.7. The molecule has 0 radical (unpaired) electrons. The number of hydrogen-bond acceptors (Lipinski definition) is 8. The molecule has 10 unspecified atom stereocenters. The molecule has 4 aliphatic carbocycles. The predicted octanol–water partition coefficient (Wildman–Crippen LogP) is 20.5. The first-order valence-corrected chi connectivity index (χ1v) is 35.0. The standard InChI is InChI=1S/C16H32O4.C15H28O4.2C11H22.2C7H8.2C6H6/c1-4-14(17)12-20-11-13-9-15(18-2)7-5-6-8-16(10-13)19-3;1-16-13-5-3-4-6-14(17-2)8-12(7-13)9-18-10-15-11-19-15;2*1-10-6-3-4-7-11(2)9-5-8-10;2*1-7-5-3-2-4-6-7;2*1-2-4-6-5-3-1/h13-17H,4-12H2,1-3H3;12-15H,3-11H2,1-2H3;2*10-11H,3-9H2,1-2H3;2*2-6H,1H3;2*1-6H. The normalized spacial score (nSPS) is 26.4. The van der Waals surface area contributed by atoms with Gasteiger partial charge in [0, 0.05) is 41.7 Å². The maximum Gasteiger partial charge on any atom is 0.104 e. The Morgan fingerprint density at radius 2 is 0.632 bits per heavy atom. The Bertz CT molecular complexity index is 1780. The molecule has 1 N–H and O–H groups in total. The molecule has 496 valence electrons. The van der Waals surface area contributed by atoms with Crippen molar-refractivity contribution in [3.05, 3.63) is 145 Å². The lowest BCUT2D eigenvalue weighted by molar-refractivity contribution is -0.0102. The molecule has 4 aromatic carbocycles. The van der Waals surface area contributed by atoms with Crippen LogP contribution in [0.1, 0.15) is 219 Å². The predicted molar refractivity (Wildman–Crippen MR) is 370 cm³/mol. The van der Waals surface area contributed by atoms with Crippen LogP contribution in [0.15, 0.2) is 133 Å². The summed E-state index contributed by atoms with van der Waals surface area (Å²) in [6, 6.07) is 44.5. The summed E-state index contributed by atoms with van der Waals surface area (Å²) in [5, 5.41) is 9.55. The highest BCUT2D eigenvalue weighted by Crippen LogP contribution is 2.29. The molecule has 0 bridgehead atoms. The Hall–Kier alpha value is -3.44. The topological polar surface area (TPSA) is 88.1 Å². The maximum atomic E-state index is 9.55. The van der Waals surface area contributed by atoms with Gasteiger partial charge >= 0.3 is 0 Å². The van der Waals surface area contributed by atoms with Crippen molar-refractivity contribution < 1.29 is 38.3 Å². The molecule has 0 aromatic heterocycles. The minimum absolute atomic E-state index is 0.329. The van der Waals surface area contributed by atoms with Crippen LogP contribution in [-0.2, 0) is 33.2 Å². The molecule has 8 heteroatoms. The molecule has 4 aromatic rings. The molecule has 1 saturated heterocycles. The van der Waals surface area contributed by atoms with E-state index in [4.69, 9.17) is 33.2 Å². The first-order chi connectivity index (χ1) is 42.4. The molecule has 10 atom stereocenters. The van der Waals surface area contributed by atoms with Gasteiger partial charge in [-0.2, -0.15) is 0 Å². The number of benzene rings is 4. The van der Waals surface area contributed by atoms with Gasteiger partial charge in [0.05, 0.1) is 50.3 Å².